The topological polar surface area (TPSA) is 22.0 Å². The summed E-state index contributed by atoms with van der Waals surface area (Å²) in [6.07, 6.45) is 1.91. The Balaban J connectivity index is 2.74. The van der Waals surface area contributed by atoms with Crippen LogP contribution in [-0.2, 0) is 7.05 Å². The molecule has 0 fully saturated rings. The minimum absolute atomic E-state index is 0.131. The van der Waals surface area contributed by atoms with E-state index in [2.05, 4.69) is 32.0 Å². The molecule has 0 saturated heterocycles. The summed E-state index contributed by atoms with van der Waals surface area (Å²) in [4.78, 5) is 11.5. The highest BCUT2D eigenvalue weighted by Crippen LogP contribution is 2.25. The molecule has 0 N–H and O–H groups in total. The Labute approximate surface area is 95.9 Å². The van der Waals surface area contributed by atoms with Gasteiger partial charge in [-0.15, -0.1) is 0 Å². The predicted octanol–water partition coefficient (Wildman–Crippen LogP) is 3.50. The molecular formula is C14H17NO. The molecule has 0 spiro atoms. The smallest absolute Gasteiger partial charge is 0.161 e. The second-order valence-corrected chi connectivity index (χ2v) is 4.64. The molecule has 0 aliphatic rings. The third kappa shape index (κ3) is 1.64. The number of ketones is 1. The van der Waals surface area contributed by atoms with Crippen LogP contribution in [0.25, 0.3) is 10.9 Å². The fourth-order valence-electron chi connectivity index (χ4n) is 2.05. The lowest BCUT2D eigenvalue weighted by Crippen LogP contribution is -1.91. The van der Waals surface area contributed by atoms with Crippen LogP contribution in [-0.4, -0.2) is 10.4 Å². The van der Waals surface area contributed by atoms with E-state index >= 15 is 0 Å². The van der Waals surface area contributed by atoms with Gasteiger partial charge in [0.15, 0.2) is 5.78 Å². The van der Waals surface area contributed by atoms with Gasteiger partial charge in [-0.2, -0.15) is 0 Å². The molecule has 0 aliphatic heterocycles. The van der Waals surface area contributed by atoms with Gasteiger partial charge in [0.25, 0.3) is 0 Å². The molecule has 0 amide bonds. The van der Waals surface area contributed by atoms with Crippen molar-refractivity contribution in [2.24, 2.45) is 7.05 Å². The Morgan fingerprint density at radius 1 is 1.31 bits per heavy atom. The summed E-state index contributed by atoms with van der Waals surface area (Å²) in [6.45, 7) is 5.95. The van der Waals surface area contributed by atoms with Gasteiger partial charge in [0.1, 0.15) is 0 Å². The number of hydrogen-bond acceptors (Lipinski definition) is 1. The van der Waals surface area contributed by atoms with E-state index in [-0.39, 0.29) is 5.78 Å². The molecule has 84 valence electrons. The van der Waals surface area contributed by atoms with Gasteiger partial charge in [-0.3, -0.25) is 4.79 Å². The van der Waals surface area contributed by atoms with Crippen molar-refractivity contribution in [1.29, 1.82) is 0 Å². The monoisotopic (exact) mass is 215 g/mol. The van der Waals surface area contributed by atoms with Gasteiger partial charge in [-0.05, 0) is 30.5 Å². The first-order valence-corrected chi connectivity index (χ1v) is 5.60. The average Bonchev–Trinajstić information content (AvgIpc) is 2.56. The third-order valence-electron chi connectivity index (χ3n) is 3.06. The lowest BCUT2D eigenvalue weighted by Gasteiger charge is -2.05. The molecule has 1 aromatic carbocycles. The van der Waals surface area contributed by atoms with Gasteiger partial charge < -0.3 is 4.57 Å². The van der Waals surface area contributed by atoms with Gasteiger partial charge in [0, 0.05) is 29.7 Å². The van der Waals surface area contributed by atoms with Crippen molar-refractivity contribution in [2.45, 2.75) is 26.7 Å². The zero-order chi connectivity index (χ0) is 11.9. The molecule has 0 unspecified atom stereocenters. The Morgan fingerprint density at radius 2 is 2.00 bits per heavy atom. The zero-order valence-electron chi connectivity index (χ0n) is 10.2. The highest BCUT2D eigenvalue weighted by atomic mass is 16.1. The Morgan fingerprint density at radius 3 is 2.56 bits per heavy atom. The molecule has 0 aliphatic carbocycles. The molecule has 0 radical (unpaired) electrons. The fraction of sp³-hybridized carbons (Fsp3) is 0.357. The summed E-state index contributed by atoms with van der Waals surface area (Å²) in [7, 11) is 1.98. The largest absolute Gasteiger partial charge is 0.350 e. The number of hydrogen-bond donors (Lipinski definition) is 0. The summed E-state index contributed by atoms with van der Waals surface area (Å²) < 4.78 is 2.01. The number of rotatable bonds is 2. The van der Waals surface area contributed by atoms with Crippen LogP contribution >= 0.6 is 0 Å². The van der Waals surface area contributed by atoms with Crippen LogP contribution in [0.5, 0.6) is 0 Å². The number of aromatic nitrogens is 1. The van der Waals surface area contributed by atoms with E-state index in [0.29, 0.717) is 5.92 Å². The third-order valence-corrected chi connectivity index (χ3v) is 3.06. The van der Waals surface area contributed by atoms with Gasteiger partial charge in [0.2, 0.25) is 0 Å². The van der Waals surface area contributed by atoms with E-state index in [9.17, 15) is 4.79 Å². The van der Waals surface area contributed by atoms with Crippen LogP contribution in [0.3, 0.4) is 0 Å². The molecule has 0 atom stereocenters. The molecule has 0 saturated carbocycles. The van der Waals surface area contributed by atoms with E-state index in [1.165, 1.54) is 5.56 Å². The summed E-state index contributed by atoms with van der Waals surface area (Å²) in [5.74, 6) is 0.621. The first-order valence-electron chi connectivity index (χ1n) is 5.60. The maximum atomic E-state index is 11.5. The Hall–Kier alpha value is -1.57. The molecule has 2 nitrogen and oxygen atoms in total. The van der Waals surface area contributed by atoms with Crippen molar-refractivity contribution in [3.63, 3.8) is 0 Å². The lowest BCUT2D eigenvalue weighted by atomic mass is 10.00. The summed E-state index contributed by atoms with van der Waals surface area (Å²) >= 11 is 0. The lowest BCUT2D eigenvalue weighted by molar-refractivity contribution is 0.101. The number of carbonyl (C=O) groups is 1. The highest BCUT2D eigenvalue weighted by molar-refractivity contribution is 6.07. The number of nitrogens with zero attached hydrogens (tertiary/aromatic N) is 1. The number of benzene rings is 1. The average molecular weight is 215 g/mol. The van der Waals surface area contributed by atoms with Crippen molar-refractivity contribution < 1.29 is 4.79 Å². The van der Waals surface area contributed by atoms with E-state index in [1.807, 2.05) is 17.8 Å². The molecule has 1 heterocycles. The Kier molecular flexibility index (Phi) is 2.58. The quantitative estimate of drug-likeness (QED) is 0.703. The minimum atomic E-state index is 0.131. The zero-order valence-corrected chi connectivity index (χ0v) is 10.2. The predicted molar refractivity (Wildman–Crippen MR) is 67.0 cm³/mol. The van der Waals surface area contributed by atoms with Crippen LogP contribution in [0, 0.1) is 0 Å². The molecule has 0 bridgehead atoms. The first-order chi connectivity index (χ1) is 7.50. The molecule has 1 aromatic heterocycles. The molecule has 2 heteroatoms. The van der Waals surface area contributed by atoms with Crippen LogP contribution < -0.4 is 0 Å². The second kappa shape index (κ2) is 3.78. The van der Waals surface area contributed by atoms with E-state index < -0.39 is 0 Å². The molecule has 2 aromatic rings. The maximum Gasteiger partial charge on any atom is 0.161 e. The van der Waals surface area contributed by atoms with Crippen molar-refractivity contribution in [3.8, 4) is 0 Å². The van der Waals surface area contributed by atoms with Crippen molar-refractivity contribution in [2.75, 3.05) is 0 Å². The molecular weight excluding hydrogens is 198 g/mol. The number of fused-ring (bicyclic) bond motifs is 1. The molecule has 16 heavy (non-hydrogen) atoms. The summed E-state index contributed by atoms with van der Waals surface area (Å²) in [5.41, 5.74) is 3.22. The summed E-state index contributed by atoms with van der Waals surface area (Å²) in [5, 5.41) is 1.07. The SMILES string of the molecule is CC(=O)c1cn(C)c2ccc(C(C)C)cc12. The van der Waals surface area contributed by atoms with E-state index in [4.69, 9.17) is 0 Å². The Bertz CT molecular complexity index is 549. The normalized spacial score (nSPS) is 11.3. The maximum absolute atomic E-state index is 11.5. The molecule has 2 rings (SSSR count). The van der Waals surface area contributed by atoms with Gasteiger partial charge in [-0.25, -0.2) is 0 Å². The highest BCUT2D eigenvalue weighted by Gasteiger charge is 2.11. The van der Waals surface area contributed by atoms with Crippen molar-refractivity contribution in [3.05, 3.63) is 35.5 Å². The number of carbonyl (C=O) groups excluding carboxylic acids is 1. The van der Waals surface area contributed by atoms with Crippen LogP contribution in [0.4, 0.5) is 0 Å². The minimum Gasteiger partial charge on any atom is -0.350 e. The first kappa shape index (κ1) is 10.9. The van der Waals surface area contributed by atoms with E-state index in [1.54, 1.807) is 6.92 Å². The van der Waals surface area contributed by atoms with E-state index in [0.717, 1.165) is 16.5 Å². The van der Waals surface area contributed by atoms with Gasteiger partial charge in [0.05, 0.1) is 0 Å². The van der Waals surface area contributed by atoms with Crippen molar-refractivity contribution in [1.82, 2.24) is 4.57 Å². The van der Waals surface area contributed by atoms with Crippen LogP contribution in [0.1, 0.15) is 42.6 Å². The summed E-state index contributed by atoms with van der Waals surface area (Å²) in [6, 6.07) is 6.37. The second-order valence-electron chi connectivity index (χ2n) is 4.64. The van der Waals surface area contributed by atoms with Crippen LogP contribution in [0.15, 0.2) is 24.4 Å². The standard InChI is InChI=1S/C14H17NO/c1-9(2)11-5-6-14-12(7-11)13(10(3)16)8-15(14)4/h5-9H,1-4H3. The van der Waals surface area contributed by atoms with Crippen molar-refractivity contribution >= 4 is 16.7 Å². The van der Waals surface area contributed by atoms with Gasteiger partial charge in [-0.1, -0.05) is 19.9 Å². The fourth-order valence-corrected chi connectivity index (χ4v) is 2.05. The van der Waals surface area contributed by atoms with Gasteiger partial charge >= 0.3 is 0 Å². The van der Waals surface area contributed by atoms with Crippen LogP contribution in [0.2, 0.25) is 0 Å². The number of aryl methyl sites for hydroxylation is 1. The number of Topliss-reactive ketones (excluding diaryl/α,β-unsaturated/α-hetero) is 1.